The third-order valence-corrected chi connectivity index (χ3v) is 25.6. The van der Waals surface area contributed by atoms with Crippen LogP contribution in [0.3, 0.4) is 0 Å². The number of pyridine rings is 1. The molecule has 3 aromatic heterocycles. The van der Waals surface area contributed by atoms with Crippen molar-refractivity contribution in [1.82, 2.24) is 24.5 Å². The Kier molecular flexibility index (Phi) is 12.3. The molecule has 0 N–H and O–H groups in total. The van der Waals surface area contributed by atoms with Crippen molar-refractivity contribution in [2.24, 2.45) is 0 Å². The number of aromatic nitrogens is 5. The van der Waals surface area contributed by atoms with Gasteiger partial charge in [0.25, 0.3) is 0 Å². The van der Waals surface area contributed by atoms with Crippen LogP contribution < -0.4 is 3.71 Å². The zero-order chi connectivity index (χ0) is 29.3. The summed E-state index contributed by atoms with van der Waals surface area (Å²) in [6, 6.07) is 1.16. The Morgan fingerprint density at radius 3 is 2.27 bits per heavy atom. The van der Waals surface area contributed by atoms with Crippen LogP contribution in [0.5, 0.6) is 0 Å². The summed E-state index contributed by atoms with van der Waals surface area (Å²) in [5.74, 6) is 0. The Hall–Kier alpha value is -1.23. The van der Waals surface area contributed by atoms with Gasteiger partial charge >= 0.3 is 255 Å². The molecule has 1 atom stereocenters. The molecule has 3 aromatic rings. The van der Waals surface area contributed by atoms with Crippen LogP contribution >= 0.6 is 0 Å². The second kappa shape index (κ2) is 15.5. The van der Waals surface area contributed by atoms with Gasteiger partial charge in [-0.1, -0.05) is 0 Å². The van der Waals surface area contributed by atoms with E-state index in [9.17, 15) is 0 Å². The molecule has 9 heteroatoms. The molecule has 41 heavy (non-hydrogen) atoms. The van der Waals surface area contributed by atoms with E-state index in [-0.39, 0.29) is 6.23 Å². The fraction of sp³-hybridized carbons (Fsp3) is 0.719. The van der Waals surface area contributed by atoms with E-state index in [0.29, 0.717) is 6.73 Å². The summed E-state index contributed by atoms with van der Waals surface area (Å²) in [5.41, 5.74) is 3.47. The molecule has 1 aliphatic heterocycles. The first-order valence-electron chi connectivity index (χ1n) is 16.4. The SMILES string of the molecule is CCC[CH2][Sn]([CH2]CCC)([CH2]CCC)[c]1ncc(-c2cnn(C3CCCCO3)c2)c2cnn(COCC[Si](C)(C)C)c12. The molecule has 1 unspecified atom stereocenters. The standard InChI is InChI=1S/C20H28N5O2Si.3C4H9.Sn/c1-28(2,3)9-8-26-15-25-19-13-21-11-17(18(19)12-23-25)16-10-22-24(14-16)20-6-4-5-7-27-20;3*1-3-4-2;/h10-12,14,20H,4-9,15H2,1-3H3;3*1,3-4H2,2H3;. The minimum absolute atomic E-state index is 0.0312. The summed E-state index contributed by atoms with van der Waals surface area (Å²) >= 11 is -2.87. The van der Waals surface area contributed by atoms with Crippen LogP contribution in [0.2, 0.25) is 39.0 Å². The van der Waals surface area contributed by atoms with Crippen LogP contribution in [0.25, 0.3) is 22.0 Å². The predicted molar refractivity (Wildman–Crippen MR) is 176 cm³/mol. The van der Waals surface area contributed by atoms with Gasteiger partial charge in [0.05, 0.1) is 0 Å². The van der Waals surface area contributed by atoms with E-state index in [2.05, 4.69) is 63.7 Å². The van der Waals surface area contributed by atoms with E-state index < -0.39 is 26.5 Å². The Labute approximate surface area is 253 Å². The second-order valence-corrected chi connectivity index (χ2v) is 32.0. The topological polar surface area (TPSA) is 67.0 Å². The van der Waals surface area contributed by atoms with E-state index in [1.54, 1.807) is 0 Å². The molecule has 1 aliphatic rings. The van der Waals surface area contributed by atoms with E-state index in [0.717, 1.165) is 43.2 Å². The molecule has 7 nitrogen and oxygen atoms in total. The fourth-order valence-corrected chi connectivity index (χ4v) is 23.1. The van der Waals surface area contributed by atoms with Crippen molar-refractivity contribution < 1.29 is 9.47 Å². The van der Waals surface area contributed by atoms with Crippen LogP contribution in [0.15, 0.2) is 24.8 Å². The van der Waals surface area contributed by atoms with Gasteiger partial charge in [0.15, 0.2) is 0 Å². The monoisotopic (exact) mass is 689 g/mol. The Bertz CT molecular complexity index is 1190. The molecule has 4 heterocycles. The molecule has 0 bridgehead atoms. The number of nitrogens with zero attached hydrogens (tertiary/aromatic N) is 5. The summed E-state index contributed by atoms with van der Waals surface area (Å²) in [7, 11) is -1.16. The molecule has 228 valence electrons. The quantitative estimate of drug-likeness (QED) is 0.105. The van der Waals surface area contributed by atoms with Gasteiger partial charge in [-0.2, -0.15) is 0 Å². The Balaban J connectivity index is 1.79. The van der Waals surface area contributed by atoms with Crippen molar-refractivity contribution in [2.75, 3.05) is 13.2 Å². The number of unbranched alkanes of at least 4 members (excludes halogenated alkanes) is 3. The predicted octanol–water partition coefficient (Wildman–Crippen LogP) is 8.36. The van der Waals surface area contributed by atoms with Crippen molar-refractivity contribution >= 4 is 41.1 Å². The number of ether oxygens (including phenoxy) is 2. The zero-order valence-electron chi connectivity index (χ0n) is 26.8. The Morgan fingerprint density at radius 2 is 1.66 bits per heavy atom. The second-order valence-electron chi connectivity index (χ2n) is 13.4. The van der Waals surface area contributed by atoms with E-state index in [1.165, 1.54) is 72.9 Å². The summed E-state index contributed by atoms with van der Waals surface area (Å²) < 4.78 is 22.1. The summed E-state index contributed by atoms with van der Waals surface area (Å²) in [6.45, 7) is 16.3. The number of rotatable bonds is 17. The van der Waals surface area contributed by atoms with Gasteiger partial charge in [0.1, 0.15) is 0 Å². The van der Waals surface area contributed by atoms with Crippen LogP contribution in [0.1, 0.15) is 84.8 Å². The van der Waals surface area contributed by atoms with Crippen LogP contribution in [0, 0.1) is 0 Å². The average molecular weight is 689 g/mol. The zero-order valence-corrected chi connectivity index (χ0v) is 30.6. The number of hydrogen-bond donors (Lipinski definition) is 0. The first kappa shape index (κ1) is 32.7. The maximum atomic E-state index is 6.30. The molecular formula is C32H55N5O2SiSn. The molecular weight excluding hydrogens is 633 g/mol. The van der Waals surface area contributed by atoms with Crippen LogP contribution in [-0.2, 0) is 16.2 Å². The molecule has 1 fully saturated rings. The molecule has 0 spiro atoms. The van der Waals surface area contributed by atoms with Gasteiger partial charge in [0.2, 0.25) is 0 Å². The minimum atomic E-state index is -2.87. The van der Waals surface area contributed by atoms with Crippen molar-refractivity contribution in [3.63, 3.8) is 0 Å². The van der Waals surface area contributed by atoms with E-state index in [4.69, 9.17) is 24.7 Å². The Morgan fingerprint density at radius 1 is 0.951 bits per heavy atom. The molecule has 0 aliphatic carbocycles. The third-order valence-electron chi connectivity index (χ3n) is 8.78. The van der Waals surface area contributed by atoms with E-state index in [1.807, 2.05) is 10.9 Å². The van der Waals surface area contributed by atoms with Gasteiger partial charge in [-0.05, 0) is 0 Å². The van der Waals surface area contributed by atoms with Gasteiger partial charge in [-0.25, -0.2) is 0 Å². The van der Waals surface area contributed by atoms with Crippen LogP contribution in [0.4, 0.5) is 0 Å². The normalized spacial score (nSPS) is 16.6. The summed E-state index contributed by atoms with van der Waals surface area (Å²) in [6.07, 6.45) is 19.4. The average Bonchev–Trinajstić information content (AvgIpc) is 3.63. The molecule has 1 saturated heterocycles. The third kappa shape index (κ3) is 8.45. The molecule has 0 amide bonds. The summed E-state index contributed by atoms with van der Waals surface area (Å²) in [5, 5.41) is 10.9. The van der Waals surface area contributed by atoms with Crippen molar-refractivity contribution in [3.05, 3.63) is 24.8 Å². The number of hydrogen-bond acceptors (Lipinski definition) is 5. The fourth-order valence-electron chi connectivity index (χ4n) is 6.18. The van der Waals surface area contributed by atoms with Gasteiger partial charge in [0, 0.05) is 0 Å². The molecule has 0 saturated carbocycles. The first-order valence-corrected chi connectivity index (χ1v) is 27.6. The van der Waals surface area contributed by atoms with Gasteiger partial charge < -0.3 is 0 Å². The first-order chi connectivity index (χ1) is 19.8. The van der Waals surface area contributed by atoms with Gasteiger partial charge in [-0.15, -0.1) is 0 Å². The van der Waals surface area contributed by atoms with Gasteiger partial charge in [-0.3, -0.25) is 0 Å². The van der Waals surface area contributed by atoms with E-state index >= 15 is 0 Å². The van der Waals surface area contributed by atoms with Crippen molar-refractivity contribution in [2.45, 2.75) is 131 Å². The maximum absolute atomic E-state index is 6.30. The van der Waals surface area contributed by atoms with Crippen molar-refractivity contribution in [1.29, 1.82) is 0 Å². The molecule has 0 aromatic carbocycles. The number of fused-ring (bicyclic) bond motifs is 1. The van der Waals surface area contributed by atoms with Crippen molar-refractivity contribution in [3.8, 4) is 11.1 Å². The molecule has 4 rings (SSSR count). The molecule has 0 radical (unpaired) electrons. The van der Waals surface area contributed by atoms with Crippen LogP contribution in [-0.4, -0.2) is 64.2 Å². The summed E-state index contributed by atoms with van der Waals surface area (Å²) in [4.78, 5) is 5.45.